The summed E-state index contributed by atoms with van der Waals surface area (Å²) in [5.41, 5.74) is 1.20. The second-order valence-electron chi connectivity index (χ2n) is 6.55. The Morgan fingerprint density at radius 2 is 1.93 bits per heavy atom. The standard InChI is InChI=1S/C19H16N4O5/c24-14-7-6-13(17(26)22-14)23-18(27)11-4-1-3-10(15(11)19(23)28)9-21-16(25)12-5-2-8-20-12/h1-5,8,13,20H,6-7,9H2,(H,21,25)(H,22,24,26). The van der Waals surface area contributed by atoms with Crippen molar-refractivity contribution < 1.29 is 24.0 Å². The van der Waals surface area contributed by atoms with Crippen LogP contribution in [0.15, 0.2) is 36.5 Å². The Morgan fingerprint density at radius 1 is 1.11 bits per heavy atom. The van der Waals surface area contributed by atoms with E-state index in [0.29, 0.717) is 11.3 Å². The average Bonchev–Trinajstić information content (AvgIpc) is 3.29. The summed E-state index contributed by atoms with van der Waals surface area (Å²) in [5, 5.41) is 4.86. The number of nitrogens with zero attached hydrogens (tertiary/aromatic N) is 1. The molecule has 1 aromatic carbocycles. The van der Waals surface area contributed by atoms with Gasteiger partial charge in [0.1, 0.15) is 11.7 Å². The molecule has 1 aromatic heterocycles. The molecule has 9 nitrogen and oxygen atoms in total. The minimum Gasteiger partial charge on any atom is -0.357 e. The zero-order valence-electron chi connectivity index (χ0n) is 14.7. The van der Waals surface area contributed by atoms with Crippen molar-refractivity contribution in [3.8, 4) is 0 Å². The molecule has 0 radical (unpaired) electrons. The molecule has 5 amide bonds. The number of nitrogens with one attached hydrogen (secondary N) is 3. The van der Waals surface area contributed by atoms with Crippen LogP contribution < -0.4 is 10.6 Å². The average molecular weight is 380 g/mol. The first-order chi connectivity index (χ1) is 13.5. The van der Waals surface area contributed by atoms with E-state index in [1.54, 1.807) is 30.5 Å². The smallest absolute Gasteiger partial charge is 0.267 e. The van der Waals surface area contributed by atoms with Gasteiger partial charge < -0.3 is 10.3 Å². The number of aromatic nitrogens is 1. The Morgan fingerprint density at radius 3 is 2.64 bits per heavy atom. The van der Waals surface area contributed by atoms with Crippen LogP contribution in [-0.2, 0) is 16.1 Å². The maximum absolute atomic E-state index is 12.9. The third-order valence-electron chi connectivity index (χ3n) is 4.84. The first-order valence-corrected chi connectivity index (χ1v) is 8.72. The van der Waals surface area contributed by atoms with Crippen LogP contribution >= 0.6 is 0 Å². The van der Waals surface area contributed by atoms with Crippen LogP contribution in [0.2, 0.25) is 0 Å². The molecule has 3 heterocycles. The summed E-state index contributed by atoms with van der Waals surface area (Å²) in [6, 6.07) is 7.06. The molecular formula is C19H16N4O5. The summed E-state index contributed by atoms with van der Waals surface area (Å²) in [4.78, 5) is 65.0. The lowest BCUT2D eigenvalue weighted by atomic mass is 10.0. The molecule has 4 rings (SSSR count). The molecule has 1 unspecified atom stereocenters. The maximum Gasteiger partial charge on any atom is 0.267 e. The van der Waals surface area contributed by atoms with E-state index < -0.39 is 29.7 Å². The summed E-state index contributed by atoms with van der Waals surface area (Å²) < 4.78 is 0. The van der Waals surface area contributed by atoms with E-state index in [1.165, 1.54) is 6.07 Å². The molecule has 2 aliphatic rings. The highest BCUT2D eigenvalue weighted by Crippen LogP contribution is 2.29. The number of carbonyl (C=O) groups is 5. The fourth-order valence-electron chi connectivity index (χ4n) is 3.47. The van der Waals surface area contributed by atoms with Crippen molar-refractivity contribution in [2.75, 3.05) is 0 Å². The topological polar surface area (TPSA) is 128 Å². The van der Waals surface area contributed by atoms with Crippen LogP contribution in [-0.4, -0.2) is 45.5 Å². The lowest BCUT2D eigenvalue weighted by Gasteiger charge is -2.27. The molecule has 3 N–H and O–H groups in total. The lowest BCUT2D eigenvalue weighted by Crippen LogP contribution is -2.54. The Balaban J connectivity index is 1.58. The first-order valence-electron chi connectivity index (χ1n) is 8.72. The van der Waals surface area contributed by atoms with Gasteiger partial charge in [0.2, 0.25) is 11.8 Å². The van der Waals surface area contributed by atoms with Crippen LogP contribution in [0, 0.1) is 0 Å². The number of hydrogen-bond donors (Lipinski definition) is 3. The number of imide groups is 2. The Bertz CT molecular complexity index is 1010. The fourth-order valence-corrected chi connectivity index (χ4v) is 3.47. The molecular weight excluding hydrogens is 364 g/mol. The summed E-state index contributed by atoms with van der Waals surface area (Å²) in [6.45, 7) is 0.0449. The van der Waals surface area contributed by atoms with Gasteiger partial charge in [-0.2, -0.15) is 0 Å². The first kappa shape index (κ1) is 17.7. The van der Waals surface area contributed by atoms with E-state index in [4.69, 9.17) is 0 Å². The molecule has 2 aliphatic heterocycles. The van der Waals surface area contributed by atoms with Gasteiger partial charge in [-0.15, -0.1) is 0 Å². The minimum atomic E-state index is -1.02. The third-order valence-corrected chi connectivity index (χ3v) is 4.84. The van der Waals surface area contributed by atoms with Crippen molar-refractivity contribution in [2.24, 2.45) is 0 Å². The molecule has 0 bridgehead atoms. The van der Waals surface area contributed by atoms with Crippen LogP contribution in [0.3, 0.4) is 0 Å². The Hall–Kier alpha value is -3.75. The normalized spacial score (nSPS) is 18.9. The third kappa shape index (κ3) is 2.86. The molecule has 1 fully saturated rings. The largest absolute Gasteiger partial charge is 0.357 e. The number of H-pyrrole nitrogens is 1. The highest BCUT2D eigenvalue weighted by molar-refractivity contribution is 6.24. The fraction of sp³-hybridized carbons (Fsp3) is 0.211. The molecule has 28 heavy (non-hydrogen) atoms. The van der Waals surface area contributed by atoms with E-state index in [0.717, 1.165) is 4.90 Å². The second-order valence-corrected chi connectivity index (χ2v) is 6.55. The number of benzene rings is 1. The summed E-state index contributed by atoms with van der Waals surface area (Å²) >= 11 is 0. The minimum absolute atomic E-state index is 0.0449. The number of piperidine rings is 1. The SMILES string of the molecule is O=C1CCC(N2C(=O)c3cccc(CNC(=O)c4ccc[nH]4)c3C2=O)C(=O)N1. The van der Waals surface area contributed by atoms with Crippen LogP contribution in [0.5, 0.6) is 0 Å². The van der Waals surface area contributed by atoms with Gasteiger partial charge in [-0.1, -0.05) is 12.1 Å². The van der Waals surface area contributed by atoms with Crippen molar-refractivity contribution in [3.63, 3.8) is 0 Å². The Labute approximate surface area is 159 Å². The van der Waals surface area contributed by atoms with Crippen LogP contribution in [0.4, 0.5) is 0 Å². The molecule has 1 saturated heterocycles. The van der Waals surface area contributed by atoms with Gasteiger partial charge in [-0.3, -0.25) is 34.2 Å². The Kier molecular flexibility index (Phi) is 4.26. The van der Waals surface area contributed by atoms with Crippen molar-refractivity contribution in [1.29, 1.82) is 0 Å². The number of aromatic amines is 1. The molecule has 0 spiro atoms. The molecule has 0 aliphatic carbocycles. The predicted molar refractivity (Wildman–Crippen MR) is 95.1 cm³/mol. The monoisotopic (exact) mass is 380 g/mol. The van der Waals surface area contributed by atoms with Crippen molar-refractivity contribution >= 4 is 29.5 Å². The molecule has 1 atom stereocenters. The van der Waals surface area contributed by atoms with Gasteiger partial charge in [-0.25, -0.2) is 0 Å². The van der Waals surface area contributed by atoms with Gasteiger partial charge in [0.05, 0.1) is 11.1 Å². The number of rotatable bonds is 4. The van der Waals surface area contributed by atoms with E-state index in [2.05, 4.69) is 15.6 Å². The second kappa shape index (κ2) is 6.76. The van der Waals surface area contributed by atoms with Crippen molar-refractivity contribution in [2.45, 2.75) is 25.4 Å². The molecule has 0 saturated carbocycles. The van der Waals surface area contributed by atoms with E-state index in [9.17, 15) is 24.0 Å². The summed E-state index contributed by atoms with van der Waals surface area (Å²) in [5.74, 6) is -2.61. The van der Waals surface area contributed by atoms with Gasteiger partial charge in [0, 0.05) is 19.2 Å². The van der Waals surface area contributed by atoms with Crippen LogP contribution in [0.25, 0.3) is 0 Å². The molecule has 2 aromatic rings. The quantitative estimate of drug-likeness (QED) is 0.659. The maximum atomic E-state index is 12.9. The van der Waals surface area contributed by atoms with Gasteiger partial charge in [-0.05, 0) is 30.2 Å². The highest BCUT2D eigenvalue weighted by Gasteiger charge is 2.45. The van der Waals surface area contributed by atoms with Gasteiger partial charge in [0.15, 0.2) is 0 Å². The molecule has 9 heteroatoms. The van der Waals surface area contributed by atoms with Gasteiger partial charge in [0.25, 0.3) is 17.7 Å². The van der Waals surface area contributed by atoms with E-state index in [1.807, 2.05) is 0 Å². The highest BCUT2D eigenvalue weighted by atomic mass is 16.2. The number of carbonyl (C=O) groups excluding carboxylic acids is 5. The summed E-state index contributed by atoms with van der Waals surface area (Å²) in [6.07, 6.45) is 1.77. The van der Waals surface area contributed by atoms with E-state index >= 15 is 0 Å². The number of amides is 5. The van der Waals surface area contributed by atoms with Crippen molar-refractivity contribution in [3.05, 3.63) is 58.9 Å². The zero-order chi connectivity index (χ0) is 19.8. The van der Waals surface area contributed by atoms with Crippen LogP contribution in [0.1, 0.15) is 49.6 Å². The predicted octanol–water partition coefficient (Wildman–Crippen LogP) is 0.346. The number of fused-ring (bicyclic) bond motifs is 1. The summed E-state index contributed by atoms with van der Waals surface area (Å²) in [7, 11) is 0. The van der Waals surface area contributed by atoms with Gasteiger partial charge >= 0.3 is 0 Å². The zero-order valence-corrected chi connectivity index (χ0v) is 14.7. The lowest BCUT2D eigenvalue weighted by molar-refractivity contribution is -0.136. The van der Waals surface area contributed by atoms with E-state index in [-0.39, 0.29) is 36.4 Å². The van der Waals surface area contributed by atoms with Crippen molar-refractivity contribution in [1.82, 2.24) is 20.5 Å². The number of hydrogen-bond acceptors (Lipinski definition) is 5. The molecule has 142 valence electrons.